The molecule has 8 heteroatoms. The molecule has 6 nitrogen and oxygen atoms in total. The third kappa shape index (κ3) is 2.94. The number of benzene rings is 2. The number of phenols is 2. The number of fused-ring (bicyclic) bond motifs is 1. The van der Waals surface area contributed by atoms with E-state index in [4.69, 9.17) is 5.11 Å². The second kappa shape index (κ2) is 6.05. The third-order valence-corrected chi connectivity index (χ3v) is 5.93. The Labute approximate surface area is 150 Å². The van der Waals surface area contributed by atoms with Crippen LogP contribution in [-0.4, -0.2) is 43.1 Å². The monoisotopic (exact) mass is 372 g/mol. The van der Waals surface area contributed by atoms with Crippen LogP contribution in [0.25, 0.3) is 20.8 Å². The summed E-state index contributed by atoms with van der Waals surface area (Å²) in [6.45, 7) is 0. The van der Waals surface area contributed by atoms with E-state index in [1.54, 1.807) is 36.4 Å². The van der Waals surface area contributed by atoms with Gasteiger partial charge in [0.2, 0.25) is 0 Å². The maximum absolute atomic E-state index is 11.0. The van der Waals surface area contributed by atoms with Gasteiger partial charge in [-0.15, -0.1) is 23.1 Å². The van der Waals surface area contributed by atoms with E-state index in [1.165, 1.54) is 23.1 Å². The molecule has 1 atom stereocenters. The molecule has 0 aliphatic carbocycles. The van der Waals surface area contributed by atoms with Gasteiger partial charge in [0.05, 0.1) is 20.8 Å². The minimum absolute atomic E-state index is 0.0582. The van der Waals surface area contributed by atoms with E-state index >= 15 is 0 Å². The minimum atomic E-state index is -0.943. The molecule has 0 bridgehead atoms. The molecule has 0 amide bonds. The van der Waals surface area contributed by atoms with Crippen molar-refractivity contribution in [2.75, 3.05) is 5.75 Å². The maximum atomic E-state index is 11.0. The molecule has 1 aliphatic rings. The van der Waals surface area contributed by atoms with Gasteiger partial charge < -0.3 is 15.3 Å². The van der Waals surface area contributed by atoms with E-state index in [2.05, 4.69) is 9.98 Å². The van der Waals surface area contributed by atoms with Gasteiger partial charge in [0.25, 0.3) is 0 Å². The SMILES string of the molecule is O=C(O)[C@H]1CSC(c2ccc(-c3nc4ccc(O)cc4s3)c(O)c2)=N1. The molecule has 25 heavy (non-hydrogen) atoms. The Morgan fingerprint density at radius 2 is 2.00 bits per heavy atom. The molecular weight excluding hydrogens is 360 g/mol. The Morgan fingerprint density at radius 3 is 2.72 bits per heavy atom. The normalized spacial score (nSPS) is 17.0. The molecule has 1 aliphatic heterocycles. The molecule has 126 valence electrons. The van der Waals surface area contributed by atoms with Gasteiger partial charge in [-0.25, -0.2) is 9.78 Å². The first kappa shape index (κ1) is 15.9. The van der Waals surface area contributed by atoms with Crippen LogP contribution in [-0.2, 0) is 4.79 Å². The van der Waals surface area contributed by atoms with Crippen LogP contribution >= 0.6 is 23.1 Å². The van der Waals surface area contributed by atoms with Crippen molar-refractivity contribution < 1.29 is 20.1 Å². The summed E-state index contributed by atoms with van der Waals surface area (Å²) in [5.41, 5.74) is 2.03. The average molecular weight is 372 g/mol. The number of aromatic nitrogens is 1. The van der Waals surface area contributed by atoms with Crippen molar-refractivity contribution in [1.82, 2.24) is 4.98 Å². The highest BCUT2D eigenvalue weighted by Crippen LogP contribution is 2.37. The van der Waals surface area contributed by atoms with Crippen molar-refractivity contribution >= 4 is 44.3 Å². The number of nitrogens with zero attached hydrogens (tertiary/aromatic N) is 2. The predicted octanol–water partition coefficient (Wildman–Crippen LogP) is 3.32. The van der Waals surface area contributed by atoms with E-state index in [9.17, 15) is 15.0 Å². The van der Waals surface area contributed by atoms with Gasteiger partial charge in [0.1, 0.15) is 16.5 Å². The summed E-state index contributed by atoms with van der Waals surface area (Å²) >= 11 is 2.74. The molecular formula is C17H12N2O4S2. The second-order valence-electron chi connectivity index (χ2n) is 5.50. The number of aliphatic carboxylic acids is 1. The molecule has 4 rings (SSSR count). The number of thiazole rings is 1. The molecule has 0 fully saturated rings. The molecule has 2 heterocycles. The number of carboxylic acids is 1. The second-order valence-corrected chi connectivity index (χ2v) is 7.54. The Bertz CT molecular complexity index is 1030. The number of hydrogen-bond donors (Lipinski definition) is 3. The van der Waals surface area contributed by atoms with Gasteiger partial charge in [0.15, 0.2) is 6.04 Å². The first-order valence-corrected chi connectivity index (χ1v) is 9.18. The fourth-order valence-electron chi connectivity index (χ4n) is 2.53. The van der Waals surface area contributed by atoms with Gasteiger partial charge in [-0.2, -0.15) is 0 Å². The summed E-state index contributed by atoms with van der Waals surface area (Å²) in [6.07, 6.45) is 0. The number of carbonyl (C=O) groups is 1. The summed E-state index contributed by atoms with van der Waals surface area (Å²) in [5, 5.41) is 30.2. The Balaban J connectivity index is 1.70. The minimum Gasteiger partial charge on any atom is -0.508 e. The molecule has 1 aromatic heterocycles. The number of aromatic hydroxyl groups is 2. The van der Waals surface area contributed by atoms with Crippen molar-refractivity contribution in [2.45, 2.75) is 6.04 Å². The van der Waals surface area contributed by atoms with Gasteiger partial charge >= 0.3 is 5.97 Å². The topological polar surface area (TPSA) is 103 Å². The molecule has 0 spiro atoms. The lowest BCUT2D eigenvalue weighted by atomic mass is 10.1. The van der Waals surface area contributed by atoms with Gasteiger partial charge in [-0.05, 0) is 30.3 Å². The molecule has 0 saturated carbocycles. The van der Waals surface area contributed by atoms with Crippen LogP contribution in [0, 0.1) is 0 Å². The molecule has 0 saturated heterocycles. The van der Waals surface area contributed by atoms with Crippen molar-refractivity contribution in [1.29, 1.82) is 0 Å². The van der Waals surface area contributed by atoms with Crippen LogP contribution in [0.1, 0.15) is 5.56 Å². The summed E-state index contributed by atoms with van der Waals surface area (Å²) < 4.78 is 0.832. The van der Waals surface area contributed by atoms with E-state index < -0.39 is 12.0 Å². The first-order chi connectivity index (χ1) is 12.0. The summed E-state index contributed by atoms with van der Waals surface area (Å²) in [4.78, 5) is 19.7. The number of carboxylic acid groups (broad SMARTS) is 1. The predicted molar refractivity (Wildman–Crippen MR) is 98.8 cm³/mol. The number of phenolic OH excluding ortho intramolecular Hbond substituents is 2. The van der Waals surface area contributed by atoms with Crippen LogP contribution in [0.5, 0.6) is 11.5 Å². The number of rotatable bonds is 3. The summed E-state index contributed by atoms with van der Waals surface area (Å²) in [5.74, 6) is -0.315. The van der Waals surface area contributed by atoms with Crippen molar-refractivity contribution in [3.8, 4) is 22.1 Å². The van der Waals surface area contributed by atoms with Crippen LogP contribution < -0.4 is 0 Å². The fraction of sp³-hybridized carbons (Fsp3) is 0.118. The Kier molecular flexibility index (Phi) is 3.85. The Hall–Kier alpha value is -2.58. The standard InChI is InChI=1S/C17H12N2O4S2/c20-9-2-4-11-14(6-9)25-16(18-11)10-3-1-8(5-13(10)21)15-19-12(7-24-15)17(22)23/h1-6,12,20-21H,7H2,(H,22,23)/t12-/m1/s1. The molecule has 2 aromatic carbocycles. The quantitative estimate of drug-likeness (QED) is 0.652. The van der Waals surface area contributed by atoms with Crippen LogP contribution in [0.15, 0.2) is 41.4 Å². The zero-order valence-electron chi connectivity index (χ0n) is 12.7. The highest BCUT2D eigenvalue weighted by molar-refractivity contribution is 8.14. The zero-order chi connectivity index (χ0) is 17.6. The van der Waals surface area contributed by atoms with Crippen molar-refractivity contribution in [3.63, 3.8) is 0 Å². The van der Waals surface area contributed by atoms with Crippen LogP contribution in [0.2, 0.25) is 0 Å². The van der Waals surface area contributed by atoms with Gasteiger partial charge in [-0.3, -0.25) is 4.99 Å². The molecule has 0 radical (unpaired) electrons. The van der Waals surface area contributed by atoms with Crippen molar-refractivity contribution in [2.24, 2.45) is 4.99 Å². The zero-order valence-corrected chi connectivity index (χ0v) is 14.3. The van der Waals surface area contributed by atoms with E-state index in [1.807, 2.05) is 0 Å². The van der Waals surface area contributed by atoms with Crippen molar-refractivity contribution in [3.05, 3.63) is 42.0 Å². The van der Waals surface area contributed by atoms with E-state index in [-0.39, 0.29) is 11.5 Å². The molecule has 3 aromatic rings. The maximum Gasteiger partial charge on any atom is 0.329 e. The number of thioether (sulfide) groups is 1. The highest BCUT2D eigenvalue weighted by Gasteiger charge is 2.25. The first-order valence-electron chi connectivity index (χ1n) is 7.38. The number of aliphatic imine (C=N–C) groups is 1. The summed E-state index contributed by atoms with van der Waals surface area (Å²) in [6, 6.07) is 9.33. The van der Waals surface area contributed by atoms with Gasteiger partial charge in [0, 0.05) is 11.3 Å². The lowest BCUT2D eigenvalue weighted by Crippen LogP contribution is -2.17. The third-order valence-electron chi connectivity index (χ3n) is 3.78. The number of hydrogen-bond acceptors (Lipinski definition) is 7. The summed E-state index contributed by atoms with van der Waals surface area (Å²) in [7, 11) is 0. The highest BCUT2D eigenvalue weighted by atomic mass is 32.2. The van der Waals surface area contributed by atoms with E-state index in [0.717, 1.165) is 10.2 Å². The van der Waals surface area contributed by atoms with Gasteiger partial charge in [-0.1, -0.05) is 6.07 Å². The fourth-order valence-corrected chi connectivity index (χ4v) is 4.59. The average Bonchev–Trinajstić information content (AvgIpc) is 3.21. The molecule has 3 N–H and O–H groups in total. The smallest absolute Gasteiger partial charge is 0.329 e. The van der Waals surface area contributed by atoms with Crippen LogP contribution in [0.4, 0.5) is 0 Å². The van der Waals surface area contributed by atoms with E-state index in [0.29, 0.717) is 26.9 Å². The Morgan fingerprint density at radius 1 is 1.16 bits per heavy atom. The van der Waals surface area contributed by atoms with Crippen LogP contribution in [0.3, 0.4) is 0 Å². The molecule has 0 unspecified atom stereocenters. The lowest BCUT2D eigenvalue weighted by molar-refractivity contribution is -0.137. The lowest BCUT2D eigenvalue weighted by Gasteiger charge is -2.04. The largest absolute Gasteiger partial charge is 0.508 e.